The first-order valence-electron chi connectivity index (χ1n) is 8.58. The molecule has 0 bridgehead atoms. The van der Waals surface area contributed by atoms with Gasteiger partial charge in [0, 0.05) is 23.8 Å². The van der Waals surface area contributed by atoms with Crippen LogP contribution in [-0.2, 0) is 11.2 Å². The zero-order valence-corrected chi connectivity index (χ0v) is 15.4. The van der Waals surface area contributed by atoms with E-state index in [1.807, 2.05) is 17.0 Å². The first kappa shape index (κ1) is 18.3. The van der Waals surface area contributed by atoms with Gasteiger partial charge in [-0.1, -0.05) is 23.7 Å². The van der Waals surface area contributed by atoms with Crippen molar-refractivity contribution in [3.63, 3.8) is 0 Å². The van der Waals surface area contributed by atoms with Crippen LogP contribution in [0.3, 0.4) is 0 Å². The summed E-state index contributed by atoms with van der Waals surface area (Å²) in [5.74, 6) is 0.313. The van der Waals surface area contributed by atoms with Gasteiger partial charge in [0.15, 0.2) is 0 Å². The van der Waals surface area contributed by atoms with Crippen molar-refractivity contribution in [3.8, 4) is 5.75 Å². The summed E-state index contributed by atoms with van der Waals surface area (Å²) in [6.07, 6.45) is 2.56. The van der Waals surface area contributed by atoms with Crippen LogP contribution < -0.4 is 10.1 Å². The second kappa shape index (κ2) is 8.23. The molecule has 0 radical (unpaired) electrons. The van der Waals surface area contributed by atoms with E-state index < -0.39 is 0 Å². The number of ether oxygens (including phenoxy) is 1. The number of nitrogens with one attached hydrogen (secondary N) is 1. The fraction of sp³-hybridized carbons (Fsp3) is 0.300. The van der Waals surface area contributed by atoms with E-state index >= 15 is 0 Å². The summed E-state index contributed by atoms with van der Waals surface area (Å²) in [6, 6.07) is 12.2. The highest BCUT2D eigenvalue weighted by Crippen LogP contribution is 2.24. The Morgan fingerprint density at radius 3 is 2.46 bits per heavy atom. The van der Waals surface area contributed by atoms with E-state index in [1.165, 1.54) is 7.11 Å². The number of methoxy groups -OCH3 is 1. The van der Waals surface area contributed by atoms with Crippen molar-refractivity contribution in [2.24, 2.45) is 0 Å². The fourth-order valence-corrected chi connectivity index (χ4v) is 3.19. The Morgan fingerprint density at radius 2 is 1.81 bits per heavy atom. The van der Waals surface area contributed by atoms with Crippen LogP contribution in [0, 0.1) is 0 Å². The van der Waals surface area contributed by atoms with E-state index in [2.05, 4.69) is 5.32 Å². The van der Waals surface area contributed by atoms with Gasteiger partial charge in [-0.3, -0.25) is 9.59 Å². The van der Waals surface area contributed by atoms with Gasteiger partial charge >= 0.3 is 0 Å². The minimum absolute atomic E-state index is 0.156. The molecule has 26 heavy (non-hydrogen) atoms. The average molecular weight is 373 g/mol. The predicted octanol–water partition coefficient (Wildman–Crippen LogP) is 3.77. The summed E-state index contributed by atoms with van der Waals surface area (Å²) in [5, 5.41) is 3.29. The largest absolute Gasteiger partial charge is 0.496 e. The van der Waals surface area contributed by atoms with E-state index in [-0.39, 0.29) is 11.8 Å². The molecule has 0 spiro atoms. The monoisotopic (exact) mass is 372 g/mol. The summed E-state index contributed by atoms with van der Waals surface area (Å²) in [7, 11) is 1.51. The quantitative estimate of drug-likeness (QED) is 0.869. The Labute approximate surface area is 157 Å². The molecule has 0 aliphatic carbocycles. The molecule has 0 atom stereocenters. The van der Waals surface area contributed by atoms with E-state index in [9.17, 15) is 9.59 Å². The molecule has 1 fully saturated rings. The van der Waals surface area contributed by atoms with Crippen molar-refractivity contribution in [1.29, 1.82) is 0 Å². The van der Waals surface area contributed by atoms with Gasteiger partial charge in [0.05, 0.1) is 19.1 Å². The Balaban J connectivity index is 1.64. The maximum absolute atomic E-state index is 12.5. The number of hydrogen-bond acceptors (Lipinski definition) is 3. The standard InChI is InChI=1S/C20H21ClN2O3/c1-26-18-9-6-15(21)13-17(18)20(25)22-16-7-4-14(5-8-16)12-19(24)23-10-2-3-11-23/h4-9,13H,2-3,10-12H2,1H3,(H,22,25). The van der Waals surface area contributed by atoms with E-state index in [0.717, 1.165) is 31.5 Å². The van der Waals surface area contributed by atoms with Gasteiger partial charge in [-0.2, -0.15) is 0 Å². The molecule has 2 aromatic carbocycles. The highest BCUT2D eigenvalue weighted by Gasteiger charge is 2.18. The summed E-state index contributed by atoms with van der Waals surface area (Å²) in [6.45, 7) is 1.71. The van der Waals surface area contributed by atoms with Crippen molar-refractivity contribution in [2.45, 2.75) is 19.3 Å². The number of benzene rings is 2. The van der Waals surface area contributed by atoms with Crippen molar-refractivity contribution < 1.29 is 14.3 Å². The Bertz CT molecular complexity index is 799. The number of halogens is 1. The van der Waals surface area contributed by atoms with E-state index in [0.29, 0.717) is 28.4 Å². The highest BCUT2D eigenvalue weighted by molar-refractivity contribution is 6.31. The zero-order valence-electron chi connectivity index (χ0n) is 14.6. The molecule has 0 aromatic heterocycles. The van der Waals surface area contributed by atoms with Gasteiger partial charge in [-0.05, 0) is 48.7 Å². The molecule has 2 aromatic rings. The first-order valence-corrected chi connectivity index (χ1v) is 8.96. The summed E-state index contributed by atoms with van der Waals surface area (Å²) in [4.78, 5) is 26.6. The molecule has 1 aliphatic rings. The lowest BCUT2D eigenvalue weighted by Gasteiger charge is -2.15. The predicted molar refractivity (Wildman–Crippen MR) is 102 cm³/mol. The normalized spacial score (nSPS) is 13.5. The summed E-state index contributed by atoms with van der Waals surface area (Å²) in [5.41, 5.74) is 1.95. The number of hydrogen-bond donors (Lipinski definition) is 1. The van der Waals surface area contributed by atoms with Crippen molar-refractivity contribution >= 4 is 29.1 Å². The smallest absolute Gasteiger partial charge is 0.259 e. The van der Waals surface area contributed by atoms with E-state index in [1.54, 1.807) is 30.3 Å². The van der Waals surface area contributed by atoms with Crippen LogP contribution in [0.5, 0.6) is 5.75 Å². The molecular weight excluding hydrogens is 352 g/mol. The number of amides is 2. The van der Waals surface area contributed by atoms with Gasteiger partial charge in [0.1, 0.15) is 5.75 Å². The first-order chi connectivity index (χ1) is 12.6. The number of rotatable bonds is 5. The maximum atomic E-state index is 12.5. The van der Waals surface area contributed by atoms with Crippen LogP contribution in [-0.4, -0.2) is 36.9 Å². The molecule has 6 heteroatoms. The van der Waals surface area contributed by atoms with Crippen LogP contribution in [0.4, 0.5) is 5.69 Å². The maximum Gasteiger partial charge on any atom is 0.259 e. The van der Waals surface area contributed by atoms with Crippen LogP contribution in [0.1, 0.15) is 28.8 Å². The van der Waals surface area contributed by atoms with Crippen LogP contribution in [0.25, 0.3) is 0 Å². The van der Waals surface area contributed by atoms with Gasteiger partial charge in [0.2, 0.25) is 5.91 Å². The minimum atomic E-state index is -0.301. The van der Waals surface area contributed by atoms with Crippen LogP contribution in [0.15, 0.2) is 42.5 Å². The lowest BCUT2D eigenvalue weighted by Crippen LogP contribution is -2.29. The number of likely N-dealkylation sites (tertiary alicyclic amines) is 1. The topological polar surface area (TPSA) is 58.6 Å². The van der Waals surface area contributed by atoms with Gasteiger partial charge in [0.25, 0.3) is 5.91 Å². The zero-order chi connectivity index (χ0) is 18.5. The lowest BCUT2D eigenvalue weighted by molar-refractivity contribution is -0.129. The molecule has 2 amide bonds. The third-order valence-corrected chi connectivity index (χ3v) is 4.67. The lowest BCUT2D eigenvalue weighted by atomic mass is 10.1. The molecule has 1 saturated heterocycles. The van der Waals surface area contributed by atoms with Gasteiger partial charge < -0.3 is 15.0 Å². The second-order valence-electron chi connectivity index (χ2n) is 6.26. The van der Waals surface area contributed by atoms with Crippen LogP contribution in [0.2, 0.25) is 5.02 Å². The third kappa shape index (κ3) is 4.35. The number of anilines is 1. The Kier molecular flexibility index (Phi) is 5.78. The number of carbonyl (C=O) groups excluding carboxylic acids is 2. The molecule has 0 unspecified atom stereocenters. The summed E-state index contributed by atoms with van der Waals surface area (Å²) >= 11 is 5.97. The molecule has 3 rings (SSSR count). The van der Waals surface area contributed by atoms with Crippen LogP contribution >= 0.6 is 11.6 Å². The molecular formula is C20H21ClN2O3. The fourth-order valence-electron chi connectivity index (χ4n) is 3.01. The van der Waals surface area contributed by atoms with Gasteiger partial charge in [-0.15, -0.1) is 0 Å². The Hall–Kier alpha value is -2.53. The van der Waals surface area contributed by atoms with Crippen molar-refractivity contribution in [3.05, 3.63) is 58.6 Å². The minimum Gasteiger partial charge on any atom is -0.496 e. The van der Waals surface area contributed by atoms with E-state index in [4.69, 9.17) is 16.3 Å². The molecule has 0 saturated carbocycles. The molecule has 1 heterocycles. The molecule has 136 valence electrons. The number of nitrogens with zero attached hydrogens (tertiary/aromatic N) is 1. The molecule has 5 nitrogen and oxygen atoms in total. The molecule has 1 N–H and O–H groups in total. The van der Waals surface area contributed by atoms with Gasteiger partial charge in [-0.25, -0.2) is 0 Å². The van der Waals surface area contributed by atoms with Crippen molar-refractivity contribution in [2.75, 3.05) is 25.5 Å². The Morgan fingerprint density at radius 1 is 1.12 bits per heavy atom. The average Bonchev–Trinajstić information content (AvgIpc) is 3.18. The highest BCUT2D eigenvalue weighted by atomic mass is 35.5. The SMILES string of the molecule is COc1ccc(Cl)cc1C(=O)Nc1ccc(CC(=O)N2CCCC2)cc1. The number of carbonyl (C=O) groups is 2. The molecule has 1 aliphatic heterocycles. The van der Waals surface area contributed by atoms with Crippen molar-refractivity contribution in [1.82, 2.24) is 4.90 Å². The third-order valence-electron chi connectivity index (χ3n) is 4.43. The second-order valence-corrected chi connectivity index (χ2v) is 6.70. The summed E-state index contributed by atoms with van der Waals surface area (Å²) < 4.78 is 5.21.